The van der Waals surface area contributed by atoms with Crippen LogP contribution in [0, 0.1) is 0 Å². The topological polar surface area (TPSA) is 18.5 Å². The molecule has 0 amide bonds. The van der Waals surface area contributed by atoms with Crippen LogP contribution in [0.4, 0.5) is 0 Å². The van der Waals surface area contributed by atoms with Gasteiger partial charge >= 0.3 is 0 Å². The van der Waals surface area contributed by atoms with Gasteiger partial charge in [0.1, 0.15) is 11.5 Å². The lowest BCUT2D eigenvalue weighted by Crippen LogP contribution is -2.18. The molecule has 2 aromatic heterocycles. The van der Waals surface area contributed by atoms with Gasteiger partial charge in [-0.15, -0.1) is 22.7 Å². The minimum atomic E-state index is 0.295. The van der Waals surface area contributed by atoms with E-state index in [-0.39, 0.29) is 0 Å². The second-order valence-corrected chi connectivity index (χ2v) is 22.2. The summed E-state index contributed by atoms with van der Waals surface area (Å²) in [4.78, 5) is 0. The lowest BCUT2D eigenvalue weighted by molar-refractivity contribution is 0.174. The summed E-state index contributed by atoms with van der Waals surface area (Å²) >= 11 is 3.75. The minimum absolute atomic E-state index is 0.295. The molecule has 2 nitrogen and oxygen atoms in total. The van der Waals surface area contributed by atoms with E-state index in [9.17, 15) is 0 Å². The van der Waals surface area contributed by atoms with E-state index in [2.05, 4.69) is 50.6 Å². The monoisotopic (exact) mass is 923 g/mol. The maximum Gasteiger partial charge on any atom is 0.146 e. The zero-order valence-corrected chi connectivity index (χ0v) is 44.8. The third-order valence-corrected chi connectivity index (χ3v) is 16.1. The number of rotatable bonds is 48. The van der Waals surface area contributed by atoms with Crippen molar-refractivity contribution in [2.45, 2.75) is 322 Å². The SMILES string of the molecule is CCCCCCCCCCCCC(CCCCCCCCCCCC)Oc1c2ccsc2c(OC(CCCCCCCCCCCC)CCCCCCCCCCCC)c2ccsc12. The van der Waals surface area contributed by atoms with Gasteiger partial charge < -0.3 is 9.47 Å². The Bertz CT molecular complexity index is 1240. The molecule has 0 saturated carbocycles. The first-order valence-corrected chi connectivity index (χ1v) is 30.7. The quantitative estimate of drug-likeness (QED) is 0.0526. The summed E-state index contributed by atoms with van der Waals surface area (Å²) in [5, 5.41) is 7.19. The standard InChI is InChI=1S/C60H106O2S2/c1-5-9-13-17-21-25-29-33-37-41-45-53(46-42-38-34-30-26-22-18-14-10-6-2)61-57-55-49-51-64-60(55)58(56-50-52-63-59(56)57)62-54(47-43-39-35-31-27-23-19-15-11-7-3)48-44-40-36-32-28-24-20-16-12-8-4/h49-54H,5-48H2,1-4H3. The molecule has 1 aromatic carbocycles. The van der Waals surface area contributed by atoms with Crippen molar-refractivity contribution in [1.29, 1.82) is 0 Å². The molecule has 3 rings (SSSR count). The van der Waals surface area contributed by atoms with Crippen molar-refractivity contribution >= 4 is 42.8 Å². The summed E-state index contributed by atoms with van der Waals surface area (Å²) in [6.45, 7) is 9.27. The molecule has 0 aliphatic rings. The van der Waals surface area contributed by atoms with Gasteiger partial charge in [0.2, 0.25) is 0 Å². The molecule has 2 heterocycles. The van der Waals surface area contributed by atoms with Gasteiger partial charge in [0.25, 0.3) is 0 Å². The van der Waals surface area contributed by atoms with Gasteiger partial charge in [-0.05, 0) is 74.3 Å². The van der Waals surface area contributed by atoms with Crippen molar-refractivity contribution < 1.29 is 9.47 Å². The largest absolute Gasteiger partial charge is 0.488 e. The van der Waals surface area contributed by atoms with Crippen molar-refractivity contribution in [3.05, 3.63) is 22.9 Å². The van der Waals surface area contributed by atoms with Crippen molar-refractivity contribution in [2.24, 2.45) is 0 Å². The number of unbranched alkanes of at least 4 members (excludes halogenated alkanes) is 36. The van der Waals surface area contributed by atoms with E-state index < -0.39 is 0 Å². The predicted molar refractivity (Wildman–Crippen MR) is 292 cm³/mol. The average molecular weight is 924 g/mol. The number of hydrogen-bond donors (Lipinski definition) is 0. The Morgan fingerprint density at radius 2 is 0.500 bits per heavy atom. The summed E-state index contributed by atoms with van der Waals surface area (Å²) in [6, 6.07) is 4.69. The van der Waals surface area contributed by atoms with Gasteiger partial charge in [-0.2, -0.15) is 0 Å². The van der Waals surface area contributed by atoms with Crippen LogP contribution in [0.25, 0.3) is 20.2 Å². The van der Waals surface area contributed by atoms with Crippen LogP contribution in [0.2, 0.25) is 0 Å². The summed E-state index contributed by atoms with van der Waals surface area (Å²) in [7, 11) is 0. The predicted octanol–water partition coefficient (Wildman–Crippen LogP) is 22.9. The van der Waals surface area contributed by atoms with E-state index in [1.165, 1.54) is 303 Å². The number of hydrogen-bond acceptors (Lipinski definition) is 4. The highest BCUT2D eigenvalue weighted by atomic mass is 32.1. The summed E-state index contributed by atoms with van der Waals surface area (Å²) < 4.78 is 17.3. The molecule has 4 heteroatoms. The van der Waals surface area contributed by atoms with Crippen molar-refractivity contribution in [2.75, 3.05) is 0 Å². The molecule has 3 aromatic rings. The van der Waals surface area contributed by atoms with Crippen LogP contribution in [-0.2, 0) is 0 Å². The van der Waals surface area contributed by atoms with Gasteiger partial charge in [0.05, 0.1) is 21.6 Å². The Morgan fingerprint density at radius 3 is 0.719 bits per heavy atom. The fourth-order valence-corrected chi connectivity index (χ4v) is 11.9. The lowest BCUT2D eigenvalue weighted by Gasteiger charge is -2.24. The second kappa shape index (κ2) is 40.8. The number of thiophene rings is 2. The fourth-order valence-electron chi connectivity index (χ4n) is 10.1. The molecule has 0 bridgehead atoms. The van der Waals surface area contributed by atoms with Gasteiger partial charge in [-0.3, -0.25) is 0 Å². The first-order chi connectivity index (χ1) is 31.7. The summed E-state index contributed by atoms with van der Waals surface area (Å²) in [6.07, 6.45) is 60.9. The number of benzene rings is 1. The van der Waals surface area contributed by atoms with Gasteiger partial charge in [0, 0.05) is 10.8 Å². The lowest BCUT2D eigenvalue weighted by atomic mass is 10.0. The maximum absolute atomic E-state index is 7.32. The number of ether oxygens (including phenoxy) is 2. The van der Waals surface area contributed by atoms with E-state index >= 15 is 0 Å². The Labute approximate surface area is 407 Å². The fraction of sp³-hybridized carbons (Fsp3) is 0.833. The van der Waals surface area contributed by atoms with Crippen LogP contribution in [0.15, 0.2) is 22.9 Å². The second-order valence-electron chi connectivity index (χ2n) is 20.3. The molecule has 0 spiro atoms. The van der Waals surface area contributed by atoms with Crippen LogP contribution in [0.3, 0.4) is 0 Å². The van der Waals surface area contributed by atoms with E-state index in [0.29, 0.717) is 12.2 Å². The van der Waals surface area contributed by atoms with E-state index in [1.54, 1.807) is 0 Å². The van der Waals surface area contributed by atoms with Gasteiger partial charge in [-0.25, -0.2) is 0 Å². The van der Waals surface area contributed by atoms with E-state index in [4.69, 9.17) is 9.47 Å². The molecule has 0 saturated heterocycles. The van der Waals surface area contributed by atoms with Crippen LogP contribution >= 0.6 is 22.7 Å². The zero-order valence-electron chi connectivity index (χ0n) is 43.2. The average Bonchev–Trinajstić information content (AvgIpc) is 4.01. The maximum atomic E-state index is 7.32. The molecule has 370 valence electrons. The highest BCUT2D eigenvalue weighted by molar-refractivity contribution is 7.19. The first-order valence-electron chi connectivity index (χ1n) is 29.0. The van der Waals surface area contributed by atoms with Crippen LogP contribution < -0.4 is 9.47 Å². The molecule has 64 heavy (non-hydrogen) atoms. The zero-order chi connectivity index (χ0) is 45.4. The van der Waals surface area contributed by atoms with Crippen molar-refractivity contribution in [3.63, 3.8) is 0 Å². The summed E-state index contributed by atoms with van der Waals surface area (Å²) in [5.74, 6) is 2.30. The Morgan fingerprint density at radius 1 is 0.297 bits per heavy atom. The van der Waals surface area contributed by atoms with Gasteiger partial charge in [0.15, 0.2) is 0 Å². The Hall–Kier alpha value is -1.26. The highest BCUT2D eigenvalue weighted by Crippen LogP contribution is 2.48. The smallest absolute Gasteiger partial charge is 0.146 e. The van der Waals surface area contributed by atoms with Crippen LogP contribution in [-0.4, -0.2) is 12.2 Å². The van der Waals surface area contributed by atoms with Crippen molar-refractivity contribution in [3.8, 4) is 11.5 Å². The molecule has 0 N–H and O–H groups in total. The third kappa shape index (κ3) is 26.3. The molecule has 0 atom stereocenters. The van der Waals surface area contributed by atoms with E-state index in [0.717, 1.165) is 11.5 Å². The van der Waals surface area contributed by atoms with Crippen molar-refractivity contribution in [1.82, 2.24) is 0 Å². The minimum Gasteiger partial charge on any atom is -0.488 e. The highest BCUT2D eigenvalue weighted by Gasteiger charge is 2.23. The number of fused-ring (bicyclic) bond motifs is 2. The molecule has 0 unspecified atom stereocenters. The van der Waals surface area contributed by atoms with Gasteiger partial charge in [-0.1, -0.05) is 259 Å². The molecule has 0 fully saturated rings. The summed E-state index contributed by atoms with van der Waals surface area (Å²) in [5.41, 5.74) is 0. The third-order valence-electron chi connectivity index (χ3n) is 14.3. The molecule has 0 aliphatic carbocycles. The first kappa shape index (κ1) is 57.1. The molecule has 0 radical (unpaired) electrons. The molecular weight excluding hydrogens is 817 g/mol. The Balaban J connectivity index is 1.65. The molecular formula is C60H106O2S2. The van der Waals surface area contributed by atoms with E-state index in [1.807, 2.05) is 22.7 Å². The van der Waals surface area contributed by atoms with Crippen LogP contribution in [0.5, 0.6) is 11.5 Å². The Kier molecular flexibility index (Phi) is 36.4. The normalized spacial score (nSPS) is 12.0. The van der Waals surface area contributed by atoms with Crippen LogP contribution in [0.1, 0.15) is 310 Å². The molecule has 0 aliphatic heterocycles.